The lowest BCUT2D eigenvalue weighted by Crippen LogP contribution is -2.43. The van der Waals surface area contributed by atoms with E-state index in [1.165, 1.54) is 0 Å². The molecule has 0 saturated carbocycles. The second-order valence-electron chi connectivity index (χ2n) is 6.66. The fourth-order valence-electron chi connectivity index (χ4n) is 3.09. The van der Waals surface area contributed by atoms with Gasteiger partial charge in [-0.1, -0.05) is 58.4 Å². The Kier molecular flexibility index (Phi) is 5.32. The molecule has 6 nitrogen and oxygen atoms in total. The molecule has 7 heteroatoms. The van der Waals surface area contributed by atoms with Crippen molar-refractivity contribution in [3.8, 4) is 0 Å². The Bertz CT molecular complexity index is 887. The molecule has 4 amide bonds. The van der Waals surface area contributed by atoms with E-state index in [-0.39, 0.29) is 12.6 Å². The first-order chi connectivity index (χ1) is 12.8. The van der Waals surface area contributed by atoms with Crippen LogP contribution in [-0.4, -0.2) is 29.3 Å². The zero-order valence-corrected chi connectivity index (χ0v) is 16.6. The molecule has 3 rings (SSSR count). The lowest BCUT2D eigenvalue weighted by Gasteiger charge is -2.22. The molecule has 0 spiro atoms. The summed E-state index contributed by atoms with van der Waals surface area (Å²) >= 11 is 3.37. The van der Waals surface area contributed by atoms with Crippen molar-refractivity contribution >= 4 is 33.8 Å². The number of hydrogen-bond acceptors (Lipinski definition) is 3. The Hall–Kier alpha value is -2.67. The summed E-state index contributed by atoms with van der Waals surface area (Å²) in [7, 11) is 0. The van der Waals surface area contributed by atoms with Gasteiger partial charge in [-0.2, -0.15) is 0 Å². The summed E-state index contributed by atoms with van der Waals surface area (Å²) < 4.78 is 0.802. The van der Waals surface area contributed by atoms with Crippen molar-refractivity contribution in [1.82, 2.24) is 15.5 Å². The molecule has 2 aromatic rings. The highest BCUT2D eigenvalue weighted by molar-refractivity contribution is 9.10. The van der Waals surface area contributed by atoms with Crippen LogP contribution in [-0.2, 0) is 15.1 Å². The monoisotopic (exact) mass is 429 g/mol. The summed E-state index contributed by atoms with van der Waals surface area (Å²) in [4.78, 5) is 38.6. The van der Waals surface area contributed by atoms with Crippen LogP contribution in [0.5, 0.6) is 0 Å². The van der Waals surface area contributed by atoms with Crippen molar-refractivity contribution in [1.29, 1.82) is 0 Å². The van der Waals surface area contributed by atoms with Crippen molar-refractivity contribution < 1.29 is 14.4 Å². The predicted molar refractivity (Wildman–Crippen MR) is 105 cm³/mol. The molecule has 2 aromatic carbocycles. The summed E-state index contributed by atoms with van der Waals surface area (Å²) in [6.07, 6.45) is 0. The van der Waals surface area contributed by atoms with Gasteiger partial charge in [-0.15, -0.1) is 0 Å². The number of amides is 4. The van der Waals surface area contributed by atoms with Crippen LogP contribution in [0.15, 0.2) is 59.1 Å². The second-order valence-corrected chi connectivity index (χ2v) is 7.57. The molecule has 1 aliphatic heterocycles. The number of imide groups is 1. The van der Waals surface area contributed by atoms with Crippen LogP contribution in [0.3, 0.4) is 0 Å². The number of rotatable bonds is 5. The predicted octanol–water partition coefficient (Wildman–Crippen LogP) is 3.09. The van der Waals surface area contributed by atoms with Gasteiger partial charge in [0.1, 0.15) is 12.1 Å². The zero-order chi connectivity index (χ0) is 19.6. The van der Waals surface area contributed by atoms with Gasteiger partial charge in [0.25, 0.3) is 5.91 Å². The number of halogens is 1. The first-order valence-electron chi connectivity index (χ1n) is 8.56. The van der Waals surface area contributed by atoms with Crippen LogP contribution < -0.4 is 10.6 Å². The molecule has 0 aliphatic carbocycles. The van der Waals surface area contributed by atoms with E-state index in [0.29, 0.717) is 5.56 Å². The van der Waals surface area contributed by atoms with Gasteiger partial charge in [0.05, 0.1) is 6.04 Å². The van der Waals surface area contributed by atoms with Gasteiger partial charge < -0.3 is 10.6 Å². The topological polar surface area (TPSA) is 78.5 Å². The van der Waals surface area contributed by atoms with E-state index in [1.54, 1.807) is 25.1 Å². The molecule has 1 heterocycles. The van der Waals surface area contributed by atoms with E-state index >= 15 is 0 Å². The van der Waals surface area contributed by atoms with E-state index in [9.17, 15) is 14.4 Å². The SMILES string of the molecule is C[C@H](NC(=O)CN1C(=O)N[C@@](C)(c2cccc(Br)c2)C1=O)c1ccccc1. The van der Waals surface area contributed by atoms with Crippen LogP contribution in [0.4, 0.5) is 4.79 Å². The zero-order valence-electron chi connectivity index (χ0n) is 15.0. The van der Waals surface area contributed by atoms with Crippen LogP contribution in [0.1, 0.15) is 31.0 Å². The molecule has 0 aromatic heterocycles. The third kappa shape index (κ3) is 3.88. The lowest BCUT2D eigenvalue weighted by molar-refractivity contribution is -0.135. The van der Waals surface area contributed by atoms with Crippen LogP contribution >= 0.6 is 15.9 Å². The standard InChI is InChI=1S/C20H20BrN3O3/c1-13(14-7-4-3-5-8-14)22-17(25)12-24-18(26)20(2,23-19(24)27)15-9-6-10-16(21)11-15/h3-11,13H,12H2,1-2H3,(H,22,25)(H,23,27)/t13-,20-/m0/s1. The number of hydrogen-bond donors (Lipinski definition) is 2. The number of carbonyl (C=O) groups is 3. The highest BCUT2D eigenvalue weighted by atomic mass is 79.9. The average molecular weight is 430 g/mol. The molecular formula is C20H20BrN3O3. The third-order valence-corrected chi connectivity index (χ3v) is 5.15. The van der Waals surface area contributed by atoms with Gasteiger partial charge >= 0.3 is 6.03 Å². The molecular weight excluding hydrogens is 410 g/mol. The Morgan fingerprint density at radius 3 is 2.56 bits per heavy atom. The fraction of sp³-hybridized carbons (Fsp3) is 0.250. The Morgan fingerprint density at radius 2 is 1.89 bits per heavy atom. The molecule has 0 unspecified atom stereocenters. The first-order valence-corrected chi connectivity index (χ1v) is 9.35. The fourth-order valence-corrected chi connectivity index (χ4v) is 3.49. The van der Waals surface area contributed by atoms with E-state index in [4.69, 9.17) is 0 Å². The molecule has 0 radical (unpaired) electrons. The molecule has 140 valence electrons. The maximum Gasteiger partial charge on any atom is 0.325 e. The number of carbonyl (C=O) groups excluding carboxylic acids is 3. The van der Waals surface area contributed by atoms with Crippen LogP contribution in [0.25, 0.3) is 0 Å². The minimum atomic E-state index is -1.20. The molecule has 1 fully saturated rings. The number of benzene rings is 2. The second kappa shape index (κ2) is 7.52. The van der Waals surface area contributed by atoms with Crippen molar-refractivity contribution in [2.45, 2.75) is 25.4 Å². The van der Waals surface area contributed by atoms with Gasteiger partial charge in [0.15, 0.2) is 0 Å². The minimum absolute atomic E-state index is 0.226. The average Bonchev–Trinajstić information content (AvgIpc) is 2.86. The molecule has 2 atom stereocenters. The Morgan fingerprint density at radius 1 is 1.19 bits per heavy atom. The van der Waals surface area contributed by atoms with Gasteiger partial charge in [-0.05, 0) is 37.1 Å². The molecule has 0 bridgehead atoms. The van der Waals surface area contributed by atoms with Crippen molar-refractivity contribution in [3.63, 3.8) is 0 Å². The first kappa shape index (κ1) is 19.1. The number of nitrogens with one attached hydrogen (secondary N) is 2. The van der Waals surface area contributed by atoms with E-state index in [1.807, 2.05) is 43.3 Å². The van der Waals surface area contributed by atoms with E-state index in [0.717, 1.165) is 14.9 Å². The lowest BCUT2D eigenvalue weighted by atomic mass is 9.92. The quantitative estimate of drug-likeness (QED) is 0.716. The number of urea groups is 1. The van der Waals surface area contributed by atoms with Crippen LogP contribution in [0.2, 0.25) is 0 Å². The van der Waals surface area contributed by atoms with Crippen molar-refractivity contribution in [3.05, 3.63) is 70.2 Å². The smallest absolute Gasteiger partial charge is 0.325 e. The highest BCUT2D eigenvalue weighted by Gasteiger charge is 2.49. The van der Waals surface area contributed by atoms with Gasteiger partial charge in [-0.25, -0.2) is 4.79 Å². The summed E-state index contributed by atoms with van der Waals surface area (Å²) in [6, 6.07) is 15.9. The Labute approximate surface area is 166 Å². The Balaban J connectivity index is 1.71. The highest BCUT2D eigenvalue weighted by Crippen LogP contribution is 2.30. The van der Waals surface area contributed by atoms with Gasteiger partial charge in [-0.3, -0.25) is 14.5 Å². The third-order valence-electron chi connectivity index (χ3n) is 4.66. The normalized spacial score (nSPS) is 20.3. The molecule has 27 heavy (non-hydrogen) atoms. The van der Waals surface area contributed by atoms with E-state index in [2.05, 4.69) is 26.6 Å². The molecule has 1 aliphatic rings. The summed E-state index contributed by atoms with van der Waals surface area (Å²) in [6.45, 7) is 3.16. The minimum Gasteiger partial charge on any atom is -0.348 e. The maximum atomic E-state index is 12.9. The maximum absolute atomic E-state index is 12.9. The van der Waals surface area contributed by atoms with Crippen molar-refractivity contribution in [2.75, 3.05) is 6.54 Å². The largest absolute Gasteiger partial charge is 0.348 e. The summed E-state index contributed by atoms with van der Waals surface area (Å²) in [5, 5.41) is 5.52. The summed E-state index contributed by atoms with van der Waals surface area (Å²) in [5.74, 6) is -0.846. The number of nitrogens with zero attached hydrogens (tertiary/aromatic N) is 1. The van der Waals surface area contributed by atoms with Crippen molar-refractivity contribution in [2.24, 2.45) is 0 Å². The van der Waals surface area contributed by atoms with Gasteiger partial charge in [0, 0.05) is 4.47 Å². The summed E-state index contributed by atoms with van der Waals surface area (Å²) in [5.41, 5.74) is 0.393. The van der Waals surface area contributed by atoms with E-state index < -0.39 is 23.4 Å². The van der Waals surface area contributed by atoms with Crippen LogP contribution in [0, 0.1) is 0 Å². The van der Waals surface area contributed by atoms with Gasteiger partial charge in [0.2, 0.25) is 5.91 Å². The molecule has 1 saturated heterocycles. The molecule has 2 N–H and O–H groups in total.